The SMILES string of the molecule is Cc1ccc2c(c1)c1cc(C)ccc1n2-c1ccc(C#N)cc1-c1nc(-c2ccccc2)nc(-c2ccccc2)n1. The molecule has 0 atom stereocenters. The summed E-state index contributed by atoms with van der Waals surface area (Å²) >= 11 is 0. The Bertz CT molecular complexity index is 2000. The molecule has 0 saturated heterocycles. The molecule has 7 aromatic rings. The third kappa shape index (κ3) is 4.32. The number of fused-ring (bicyclic) bond motifs is 3. The van der Waals surface area contributed by atoms with Crippen LogP contribution in [0, 0.1) is 25.2 Å². The zero-order valence-electron chi connectivity index (χ0n) is 22.7. The predicted octanol–water partition coefficient (Wildman–Crippen LogP) is 8.46. The van der Waals surface area contributed by atoms with Crippen molar-refractivity contribution in [3.8, 4) is 45.9 Å². The van der Waals surface area contributed by atoms with Crippen molar-refractivity contribution < 1.29 is 0 Å². The van der Waals surface area contributed by atoms with Gasteiger partial charge in [0.2, 0.25) is 0 Å². The van der Waals surface area contributed by atoms with Gasteiger partial charge in [0.05, 0.1) is 28.4 Å². The second-order valence-corrected chi connectivity index (χ2v) is 10.3. The fourth-order valence-corrected chi connectivity index (χ4v) is 5.42. The lowest BCUT2D eigenvalue weighted by molar-refractivity contribution is 1.06. The molecule has 0 amide bonds. The van der Waals surface area contributed by atoms with Crippen LogP contribution in [0.1, 0.15) is 16.7 Å². The Balaban J connectivity index is 1.56. The minimum absolute atomic E-state index is 0.513. The van der Waals surface area contributed by atoms with Crippen molar-refractivity contribution in [2.75, 3.05) is 0 Å². The molecular formula is C36H25N5. The molecule has 0 aliphatic carbocycles. The number of nitrogens with zero attached hydrogens (tertiary/aromatic N) is 5. The fraction of sp³-hybridized carbons (Fsp3) is 0.0556. The molecule has 5 heteroatoms. The summed E-state index contributed by atoms with van der Waals surface area (Å²) in [5, 5.41) is 12.3. The van der Waals surface area contributed by atoms with Crippen LogP contribution < -0.4 is 0 Å². The Kier molecular flexibility index (Phi) is 5.88. The summed E-state index contributed by atoms with van der Waals surface area (Å²) < 4.78 is 2.26. The van der Waals surface area contributed by atoms with Crippen molar-refractivity contribution in [1.82, 2.24) is 19.5 Å². The van der Waals surface area contributed by atoms with E-state index in [4.69, 9.17) is 15.0 Å². The number of rotatable bonds is 4. The molecule has 2 aromatic heterocycles. The second kappa shape index (κ2) is 9.86. The summed E-state index contributed by atoms with van der Waals surface area (Å²) in [6, 6.07) is 41.0. The molecule has 0 N–H and O–H groups in total. The van der Waals surface area contributed by atoms with E-state index in [2.05, 4.69) is 60.9 Å². The highest BCUT2D eigenvalue weighted by Crippen LogP contribution is 2.37. The molecule has 0 saturated carbocycles. The zero-order valence-corrected chi connectivity index (χ0v) is 22.7. The van der Waals surface area contributed by atoms with Gasteiger partial charge in [0.1, 0.15) is 0 Å². The molecule has 0 unspecified atom stereocenters. The third-order valence-electron chi connectivity index (χ3n) is 7.38. The molecule has 0 fully saturated rings. The summed E-state index contributed by atoms with van der Waals surface area (Å²) in [6.07, 6.45) is 0. The molecule has 0 aliphatic rings. The lowest BCUT2D eigenvalue weighted by atomic mass is 10.1. The van der Waals surface area contributed by atoms with Gasteiger partial charge in [0.25, 0.3) is 0 Å². The van der Waals surface area contributed by atoms with Crippen LogP contribution in [0.5, 0.6) is 0 Å². The maximum atomic E-state index is 9.89. The summed E-state index contributed by atoms with van der Waals surface area (Å²) in [5.41, 5.74) is 8.58. The van der Waals surface area contributed by atoms with Gasteiger partial charge in [0, 0.05) is 27.5 Å². The first-order valence-electron chi connectivity index (χ1n) is 13.5. The molecule has 0 spiro atoms. The van der Waals surface area contributed by atoms with Gasteiger partial charge in [-0.3, -0.25) is 0 Å². The van der Waals surface area contributed by atoms with Crippen molar-refractivity contribution in [1.29, 1.82) is 5.26 Å². The molecule has 0 radical (unpaired) electrons. The molecule has 7 rings (SSSR count). The normalized spacial score (nSPS) is 11.1. The van der Waals surface area contributed by atoms with Crippen LogP contribution in [0.3, 0.4) is 0 Å². The van der Waals surface area contributed by atoms with Gasteiger partial charge in [-0.15, -0.1) is 0 Å². The molecule has 194 valence electrons. The highest BCUT2D eigenvalue weighted by molar-refractivity contribution is 6.10. The number of hydrogen-bond donors (Lipinski definition) is 0. The van der Waals surface area contributed by atoms with Gasteiger partial charge >= 0.3 is 0 Å². The lowest BCUT2D eigenvalue weighted by Gasteiger charge is -2.15. The molecule has 5 nitrogen and oxygen atoms in total. The highest BCUT2D eigenvalue weighted by atomic mass is 15.1. The van der Waals surface area contributed by atoms with E-state index in [-0.39, 0.29) is 0 Å². The molecule has 0 aliphatic heterocycles. The maximum absolute atomic E-state index is 9.89. The first-order valence-corrected chi connectivity index (χ1v) is 13.5. The number of aromatic nitrogens is 4. The van der Waals surface area contributed by atoms with Crippen molar-refractivity contribution >= 4 is 21.8 Å². The predicted molar refractivity (Wildman–Crippen MR) is 165 cm³/mol. The lowest BCUT2D eigenvalue weighted by Crippen LogP contribution is -2.04. The van der Waals surface area contributed by atoms with E-state index < -0.39 is 0 Å². The van der Waals surface area contributed by atoms with E-state index >= 15 is 0 Å². The quantitative estimate of drug-likeness (QED) is 0.230. The van der Waals surface area contributed by atoms with E-state index in [0.717, 1.165) is 33.4 Å². The van der Waals surface area contributed by atoms with E-state index in [1.807, 2.05) is 78.9 Å². The maximum Gasteiger partial charge on any atom is 0.166 e. The van der Waals surface area contributed by atoms with Crippen LogP contribution >= 0.6 is 0 Å². The van der Waals surface area contributed by atoms with Crippen molar-refractivity contribution in [2.24, 2.45) is 0 Å². The Morgan fingerprint density at radius 1 is 0.561 bits per heavy atom. The first kappa shape index (κ1) is 24.4. The van der Waals surface area contributed by atoms with E-state index in [9.17, 15) is 5.26 Å². The summed E-state index contributed by atoms with van der Waals surface area (Å²) in [5.74, 6) is 1.67. The van der Waals surface area contributed by atoms with Gasteiger partial charge in [0.15, 0.2) is 17.5 Å². The van der Waals surface area contributed by atoms with Crippen molar-refractivity contribution in [3.05, 3.63) is 132 Å². The second-order valence-electron chi connectivity index (χ2n) is 10.3. The smallest absolute Gasteiger partial charge is 0.166 e. The summed E-state index contributed by atoms with van der Waals surface area (Å²) in [7, 11) is 0. The largest absolute Gasteiger partial charge is 0.308 e. The van der Waals surface area contributed by atoms with E-state index in [1.54, 1.807) is 0 Å². The molecule has 5 aromatic carbocycles. The van der Waals surface area contributed by atoms with E-state index in [1.165, 1.54) is 21.9 Å². The average Bonchev–Trinajstić information content (AvgIpc) is 3.33. The van der Waals surface area contributed by atoms with Crippen LogP contribution in [0.15, 0.2) is 115 Å². The molecule has 2 heterocycles. The Morgan fingerprint density at radius 2 is 1.07 bits per heavy atom. The number of nitriles is 1. The monoisotopic (exact) mass is 527 g/mol. The average molecular weight is 528 g/mol. The standard InChI is InChI=1S/C36H25N5/c1-23-13-16-31-28(19-23)29-20-24(2)14-17-32(29)41(31)33-18-15-25(22-37)21-30(33)36-39-34(26-9-5-3-6-10-26)38-35(40-36)27-11-7-4-8-12-27/h3-21H,1-2H3. The summed E-state index contributed by atoms with van der Waals surface area (Å²) in [4.78, 5) is 14.8. The Labute approximate surface area is 238 Å². The molecular weight excluding hydrogens is 502 g/mol. The van der Waals surface area contributed by atoms with Crippen LogP contribution in [0.25, 0.3) is 61.7 Å². The van der Waals surface area contributed by atoms with Gasteiger partial charge in [-0.2, -0.15) is 5.26 Å². The third-order valence-corrected chi connectivity index (χ3v) is 7.38. The minimum Gasteiger partial charge on any atom is -0.308 e. The number of aryl methyl sites for hydroxylation is 2. The fourth-order valence-electron chi connectivity index (χ4n) is 5.42. The van der Waals surface area contributed by atoms with Gasteiger partial charge in [-0.25, -0.2) is 15.0 Å². The summed E-state index contributed by atoms with van der Waals surface area (Å²) in [6.45, 7) is 4.24. The van der Waals surface area contributed by atoms with Gasteiger partial charge < -0.3 is 4.57 Å². The van der Waals surface area contributed by atoms with Crippen molar-refractivity contribution in [3.63, 3.8) is 0 Å². The molecule has 41 heavy (non-hydrogen) atoms. The highest BCUT2D eigenvalue weighted by Gasteiger charge is 2.20. The Morgan fingerprint density at radius 3 is 1.59 bits per heavy atom. The number of hydrogen-bond acceptors (Lipinski definition) is 4. The molecule has 0 bridgehead atoms. The number of benzene rings is 5. The van der Waals surface area contributed by atoms with Crippen LogP contribution in [0.2, 0.25) is 0 Å². The van der Waals surface area contributed by atoms with E-state index in [0.29, 0.717) is 23.0 Å². The first-order chi connectivity index (χ1) is 20.1. The Hall–Kier alpha value is -5.60. The van der Waals surface area contributed by atoms with Crippen molar-refractivity contribution in [2.45, 2.75) is 13.8 Å². The van der Waals surface area contributed by atoms with Gasteiger partial charge in [-0.05, 0) is 56.3 Å². The van der Waals surface area contributed by atoms with Gasteiger partial charge in [-0.1, -0.05) is 83.9 Å². The topological polar surface area (TPSA) is 67.4 Å². The van der Waals surface area contributed by atoms with Crippen LogP contribution in [-0.2, 0) is 0 Å². The van der Waals surface area contributed by atoms with Crippen LogP contribution in [0.4, 0.5) is 0 Å². The zero-order chi connectivity index (χ0) is 27.9. The minimum atomic E-state index is 0.513. The van der Waals surface area contributed by atoms with Crippen LogP contribution in [-0.4, -0.2) is 19.5 Å².